The molecule has 1 aliphatic heterocycles. The van der Waals surface area contributed by atoms with Crippen LogP contribution in [0.25, 0.3) is 0 Å². The molecule has 1 unspecified atom stereocenters. The van der Waals surface area contributed by atoms with Gasteiger partial charge in [-0.15, -0.1) is 0 Å². The minimum Gasteiger partial charge on any atom is -0.323 e. The Labute approximate surface area is 93.0 Å². The van der Waals surface area contributed by atoms with Gasteiger partial charge in [-0.05, 0) is 19.0 Å². The summed E-state index contributed by atoms with van der Waals surface area (Å²) in [5.41, 5.74) is 0.580. The normalized spacial score (nSPS) is 20.2. The molecule has 2 N–H and O–H groups in total. The molecule has 0 radical (unpaired) electrons. The summed E-state index contributed by atoms with van der Waals surface area (Å²) in [7, 11) is 0. The van der Waals surface area contributed by atoms with E-state index >= 15 is 0 Å². The molecule has 1 aliphatic rings. The maximum Gasteiger partial charge on any atom is 0.228 e. The number of nitrogens with zero attached hydrogens (tertiary/aromatic N) is 1. The quantitative estimate of drug-likeness (QED) is 0.798. The molecule has 1 amide bonds. The summed E-state index contributed by atoms with van der Waals surface area (Å²) < 4.78 is 0. The van der Waals surface area contributed by atoms with Crippen molar-refractivity contribution in [2.75, 3.05) is 18.4 Å². The standard InChI is InChI=1S/C10H12ClN3O/c11-8-2-4-13-6-9(8)14-10(15)7-1-3-12-5-7/h2,4,6-7,12H,1,3,5H2,(H,14,15). The second-order valence-corrected chi connectivity index (χ2v) is 3.94. The van der Waals surface area contributed by atoms with Crippen molar-refractivity contribution in [3.8, 4) is 0 Å². The maximum atomic E-state index is 11.7. The van der Waals surface area contributed by atoms with Gasteiger partial charge in [0, 0.05) is 12.7 Å². The van der Waals surface area contributed by atoms with Gasteiger partial charge in [-0.3, -0.25) is 9.78 Å². The van der Waals surface area contributed by atoms with Gasteiger partial charge in [0.1, 0.15) is 0 Å². The maximum absolute atomic E-state index is 11.7. The molecule has 1 aromatic heterocycles. The van der Waals surface area contributed by atoms with Gasteiger partial charge in [-0.2, -0.15) is 0 Å². The minimum absolute atomic E-state index is 0.00917. The number of amides is 1. The number of carbonyl (C=O) groups is 1. The van der Waals surface area contributed by atoms with Crippen LogP contribution >= 0.6 is 11.6 Å². The van der Waals surface area contributed by atoms with Crippen molar-refractivity contribution in [3.05, 3.63) is 23.5 Å². The molecule has 1 atom stereocenters. The van der Waals surface area contributed by atoms with Gasteiger partial charge in [-0.1, -0.05) is 11.6 Å². The van der Waals surface area contributed by atoms with E-state index in [4.69, 9.17) is 11.6 Å². The van der Waals surface area contributed by atoms with Crippen LogP contribution in [0.1, 0.15) is 6.42 Å². The average Bonchev–Trinajstić information content (AvgIpc) is 2.74. The second-order valence-electron chi connectivity index (χ2n) is 3.53. The molecule has 1 aromatic rings. The largest absolute Gasteiger partial charge is 0.323 e. The summed E-state index contributed by atoms with van der Waals surface area (Å²) in [6.07, 6.45) is 4.03. The first-order chi connectivity index (χ1) is 7.27. The average molecular weight is 226 g/mol. The third-order valence-corrected chi connectivity index (χ3v) is 2.79. The molecule has 80 valence electrons. The molecule has 15 heavy (non-hydrogen) atoms. The molecule has 0 aromatic carbocycles. The zero-order valence-corrected chi connectivity index (χ0v) is 8.92. The summed E-state index contributed by atoms with van der Waals surface area (Å²) in [5.74, 6) is 0.0520. The molecule has 0 bridgehead atoms. The van der Waals surface area contributed by atoms with E-state index in [1.54, 1.807) is 18.5 Å². The monoisotopic (exact) mass is 225 g/mol. The highest BCUT2D eigenvalue weighted by Gasteiger charge is 2.22. The number of aromatic nitrogens is 1. The lowest BCUT2D eigenvalue weighted by Gasteiger charge is -2.10. The third-order valence-electron chi connectivity index (χ3n) is 2.46. The van der Waals surface area contributed by atoms with E-state index in [-0.39, 0.29) is 11.8 Å². The van der Waals surface area contributed by atoms with Crippen LogP contribution in [-0.4, -0.2) is 24.0 Å². The van der Waals surface area contributed by atoms with E-state index < -0.39 is 0 Å². The zero-order chi connectivity index (χ0) is 10.7. The predicted octanol–water partition coefficient (Wildman–Crippen LogP) is 1.28. The van der Waals surface area contributed by atoms with Crippen molar-refractivity contribution in [1.82, 2.24) is 10.3 Å². The fourth-order valence-electron chi connectivity index (χ4n) is 1.58. The smallest absolute Gasteiger partial charge is 0.228 e. The van der Waals surface area contributed by atoms with Crippen LogP contribution in [-0.2, 0) is 4.79 Å². The van der Waals surface area contributed by atoms with Crippen LogP contribution in [0.2, 0.25) is 5.02 Å². The summed E-state index contributed by atoms with van der Waals surface area (Å²) in [5, 5.41) is 6.44. The van der Waals surface area contributed by atoms with Gasteiger partial charge in [0.15, 0.2) is 0 Å². The van der Waals surface area contributed by atoms with Crippen LogP contribution in [0.5, 0.6) is 0 Å². The van der Waals surface area contributed by atoms with Gasteiger partial charge in [-0.25, -0.2) is 0 Å². The molecule has 1 saturated heterocycles. The van der Waals surface area contributed by atoms with Crippen LogP contribution in [0.3, 0.4) is 0 Å². The fourth-order valence-corrected chi connectivity index (χ4v) is 1.74. The first kappa shape index (κ1) is 10.4. The lowest BCUT2D eigenvalue weighted by molar-refractivity contribution is -0.119. The lowest BCUT2D eigenvalue weighted by atomic mass is 10.1. The molecule has 0 spiro atoms. The third kappa shape index (κ3) is 2.46. The SMILES string of the molecule is O=C(Nc1cnccc1Cl)C1CCNC1. The molecule has 4 nitrogen and oxygen atoms in total. The number of hydrogen-bond donors (Lipinski definition) is 2. The Kier molecular flexibility index (Phi) is 3.18. The minimum atomic E-state index is 0.00917. The van der Waals surface area contributed by atoms with Gasteiger partial charge in [0.25, 0.3) is 0 Å². The summed E-state index contributed by atoms with van der Waals surface area (Å²) in [4.78, 5) is 15.6. The van der Waals surface area contributed by atoms with E-state index in [1.807, 2.05) is 0 Å². The number of halogens is 1. The lowest BCUT2D eigenvalue weighted by Crippen LogP contribution is -2.24. The van der Waals surface area contributed by atoms with Gasteiger partial charge < -0.3 is 10.6 Å². The summed E-state index contributed by atoms with van der Waals surface area (Å²) in [6.45, 7) is 1.64. The Balaban J connectivity index is 2.02. The highest BCUT2D eigenvalue weighted by atomic mass is 35.5. The first-order valence-corrected chi connectivity index (χ1v) is 5.26. The molecule has 5 heteroatoms. The molecule has 2 heterocycles. The second kappa shape index (κ2) is 4.59. The van der Waals surface area contributed by atoms with Crippen molar-refractivity contribution >= 4 is 23.2 Å². The predicted molar refractivity (Wildman–Crippen MR) is 58.9 cm³/mol. The van der Waals surface area contributed by atoms with E-state index in [0.29, 0.717) is 10.7 Å². The van der Waals surface area contributed by atoms with Gasteiger partial charge in [0.2, 0.25) is 5.91 Å². The van der Waals surface area contributed by atoms with E-state index in [0.717, 1.165) is 19.5 Å². The Hall–Kier alpha value is -1.13. The van der Waals surface area contributed by atoms with Gasteiger partial charge in [0.05, 0.1) is 22.8 Å². The zero-order valence-electron chi connectivity index (χ0n) is 8.16. The van der Waals surface area contributed by atoms with Crippen LogP contribution < -0.4 is 10.6 Å². The number of anilines is 1. The Morgan fingerprint density at radius 1 is 1.67 bits per heavy atom. The number of carbonyl (C=O) groups excluding carboxylic acids is 1. The van der Waals surface area contributed by atoms with Gasteiger partial charge >= 0.3 is 0 Å². The summed E-state index contributed by atoms with van der Waals surface area (Å²) in [6, 6.07) is 1.66. The molecule has 1 fully saturated rings. The Bertz CT molecular complexity index is 363. The number of hydrogen-bond acceptors (Lipinski definition) is 3. The topological polar surface area (TPSA) is 54.0 Å². The first-order valence-electron chi connectivity index (χ1n) is 4.88. The molecular weight excluding hydrogens is 214 g/mol. The Morgan fingerprint density at radius 3 is 3.20 bits per heavy atom. The number of pyridine rings is 1. The Morgan fingerprint density at radius 2 is 2.53 bits per heavy atom. The fraction of sp³-hybridized carbons (Fsp3) is 0.400. The molecule has 2 rings (SSSR count). The number of rotatable bonds is 2. The van der Waals surface area contributed by atoms with E-state index in [2.05, 4.69) is 15.6 Å². The number of nitrogens with one attached hydrogen (secondary N) is 2. The van der Waals surface area contributed by atoms with Crippen LogP contribution in [0.4, 0.5) is 5.69 Å². The molecule has 0 saturated carbocycles. The van der Waals surface area contributed by atoms with E-state index in [1.165, 1.54) is 0 Å². The van der Waals surface area contributed by atoms with Crippen molar-refractivity contribution in [3.63, 3.8) is 0 Å². The summed E-state index contributed by atoms with van der Waals surface area (Å²) >= 11 is 5.90. The van der Waals surface area contributed by atoms with Crippen molar-refractivity contribution in [2.45, 2.75) is 6.42 Å². The van der Waals surface area contributed by atoms with Crippen LogP contribution in [0, 0.1) is 5.92 Å². The van der Waals surface area contributed by atoms with Crippen molar-refractivity contribution in [2.24, 2.45) is 5.92 Å². The molecule has 0 aliphatic carbocycles. The van der Waals surface area contributed by atoms with Crippen molar-refractivity contribution in [1.29, 1.82) is 0 Å². The van der Waals surface area contributed by atoms with Crippen LogP contribution in [0.15, 0.2) is 18.5 Å². The highest BCUT2D eigenvalue weighted by Crippen LogP contribution is 2.20. The highest BCUT2D eigenvalue weighted by molar-refractivity contribution is 6.33. The molecular formula is C10H12ClN3O. The van der Waals surface area contributed by atoms with E-state index in [9.17, 15) is 4.79 Å². The van der Waals surface area contributed by atoms with Crippen molar-refractivity contribution < 1.29 is 4.79 Å².